The van der Waals surface area contributed by atoms with Crippen LogP contribution in [-0.2, 0) is 0 Å². The van der Waals surface area contributed by atoms with Crippen LogP contribution in [0.4, 0.5) is 0 Å². The zero-order chi connectivity index (χ0) is 10.7. The van der Waals surface area contributed by atoms with Crippen LogP contribution in [0.2, 0.25) is 0 Å². The second kappa shape index (κ2) is 4.11. The van der Waals surface area contributed by atoms with E-state index in [0.29, 0.717) is 0 Å². The Labute approximate surface area is 87.2 Å². The molecule has 0 amide bonds. The van der Waals surface area contributed by atoms with E-state index in [1.54, 1.807) is 17.0 Å². The maximum Gasteiger partial charge on any atom is 0.181 e. The van der Waals surface area contributed by atoms with Gasteiger partial charge in [0.05, 0.1) is 0 Å². The van der Waals surface area contributed by atoms with Gasteiger partial charge in [-0.2, -0.15) is 0 Å². The van der Waals surface area contributed by atoms with Crippen molar-refractivity contribution in [3.63, 3.8) is 0 Å². The van der Waals surface area contributed by atoms with E-state index in [0.717, 1.165) is 5.56 Å². The average Bonchev–Trinajstić information content (AvgIpc) is 2.30. The Balaban J connectivity index is 2.32. The zero-order valence-electron chi connectivity index (χ0n) is 8.08. The number of hydrogen-bond acceptors (Lipinski definition) is 2. The van der Waals surface area contributed by atoms with Gasteiger partial charge in [0.1, 0.15) is 0 Å². The molecule has 0 saturated carbocycles. The molecule has 0 aliphatic carbocycles. The number of pyridine rings is 1. The van der Waals surface area contributed by atoms with Gasteiger partial charge < -0.3 is 9.67 Å². The zero-order valence-corrected chi connectivity index (χ0v) is 8.08. The van der Waals surface area contributed by atoms with Gasteiger partial charge in [-0.3, -0.25) is 4.79 Å². The third-order valence-electron chi connectivity index (χ3n) is 2.20. The number of hydrogen-bond donors (Lipinski definition) is 1. The van der Waals surface area contributed by atoms with Crippen LogP contribution in [0.3, 0.4) is 0 Å². The number of aromatic nitrogens is 1. The van der Waals surface area contributed by atoms with E-state index in [4.69, 9.17) is 0 Å². The first-order valence-corrected chi connectivity index (χ1v) is 4.68. The summed E-state index contributed by atoms with van der Waals surface area (Å²) in [5, 5.41) is 9.94. The van der Waals surface area contributed by atoms with Crippen molar-refractivity contribution in [3.8, 4) is 0 Å². The summed E-state index contributed by atoms with van der Waals surface area (Å²) in [6, 6.07) is 12.1. The molecule has 0 fully saturated rings. The highest BCUT2D eigenvalue weighted by Crippen LogP contribution is 2.13. The molecule has 0 spiro atoms. The van der Waals surface area contributed by atoms with Crippen molar-refractivity contribution in [2.75, 3.05) is 0 Å². The molecule has 1 aromatic heterocycles. The van der Waals surface area contributed by atoms with Crippen LogP contribution in [0, 0.1) is 0 Å². The van der Waals surface area contributed by atoms with Crippen molar-refractivity contribution >= 4 is 0 Å². The lowest BCUT2D eigenvalue weighted by molar-refractivity contribution is 0.145. The Morgan fingerprint density at radius 3 is 2.20 bits per heavy atom. The molecule has 1 aromatic carbocycles. The second-order valence-electron chi connectivity index (χ2n) is 3.27. The third kappa shape index (κ3) is 2.14. The van der Waals surface area contributed by atoms with E-state index >= 15 is 0 Å². The maximum atomic E-state index is 10.9. The van der Waals surface area contributed by atoms with Crippen LogP contribution < -0.4 is 5.43 Å². The molecular weight excluding hydrogens is 190 g/mol. The highest BCUT2D eigenvalue weighted by molar-refractivity contribution is 5.18. The number of nitrogens with zero attached hydrogens (tertiary/aromatic N) is 1. The van der Waals surface area contributed by atoms with Gasteiger partial charge in [-0.05, 0) is 0 Å². The lowest BCUT2D eigenvalue weighted by Gasteiger charge is -2.14. The molecule has 0 saturated heterocycles. The monoisotopic (exact) mass is 201 g/mol. The minimum atomic E-state index is -0.744. The summed E-state index contributed by atoms with van der Waals surface area (Å²) in [7, 11) is 0. The Bertz CT molecular complexity index is 470. The number of rotatable bonds is 2. The van der Waals surface area contributed by atoms with E-state index in [1.807, 2.05) is 30.3 Å². The van der Waals surface area contributed by atoms with Crippen LogP contribution in [0.1, 0.15) is 11.8 Å². The second-order valence-corrected chi connectivity index (χ2v) is 3.27. The molecule has 2 aromatic rings. The predicted octanol–water partition coefficient (Wildman–Crippen LogP) is 1.39. The molecule has 3 nitrogen and oxygen atoms in total. The molecule has 0 aliphatic heterocycles. The first-order valence-electron chi connectivity index (χ1n) is 4.68. The first-order chi connectivity index (χ1) is 7.27. The van der Waals surface area contributed by atoms with E-state index < -0.39 is 6.23 Å². The Morgan fingerprint density at radius 2 is 1.60 bits per heavy atom. The molecule has 1 unspecified atom stereocenters. The molecule has 1 heterocycles. The molecule has 0 radical (unpaired) electrons. The molecule has 3 heteroatoms. The third-order valence-corrected chi connectivity index (χ3v) is 2.20. The highest BCUT2D eigenvalue weighted by atomic mass is 16.3. The first kappa shape index (κ1) is 9.68. The topological polar surface area (TPSA) is 42.2 Å². The van der Waals surface area contributed by atoms with Crippen LogP contribution in [-0.4, -0.2) is 9.67 Å². The van der Waals surface area contributed by atoms with E-state index in [-0.39, 0.29) is 5.43 Å². The van der Waals surface area contributed by atoms with Crippen molar-refractivity contribution in [2.24, 2.45) is 0 Å². The SMILES string of the molecule is O=c1ccn(C(O)c2ccccc2)cc1. The van der Waals surface area contributed by atoms with Gasteiger partial charge in [-0.25, -0.2) is 0 Å². The van der Waals surface area contributed by atoms with Crippen molar-refractivity contribution in [1.29, 1.82) is 0 Å². The van der Waals surface area contributed by atoms with E-state index in [9.17, 15) is 9.90 Å². The fraction of sp³-hybridized carbons (Fsp3) is 0.0833. The quantitative estimate of drug-likeness (QED) is 0.797. The Hall–Kier alpha value is -1.87. The van der Waals surface area contributed by atoms with Gasteiger partial charge in [0.25, 0.3) is 0 Å². The van der Waals surface area contributed by atoms with Crippen LogP contribution >= 0.6 is 0 Å². The predicted molar refractivity (Wildman–Crippen MR) is 57.5 cm³/mol. The normalized spacial score (nSPS) is 12.3. The van der Waals surface area contributed by atoms with Gasteiger partial charge in [0.15, 0.2) is 11.7 Å². The van der Waals surface area contributed by atoms with E-state index in [2.05, 4.69) is 0 Å². The van der Waals surface area contributed by atoms with Crippen molar-refractivity contribution in [2.45, 2.75) is 6.23 Å². The maximum absolute atomic E-state index is 10.9. The number of aliphatic hydroxyl groups excluding tert-OH is 1. The molecule has 0 bridgehead atoms. The molecule has 1 atom stereocenters. The summed E-state index contributed by atoms with van der Waals surface area (Å²) in [5.74, 6) is 0. The minimum Gasteiger partial charge on any atom is -0.369 e. The summed E-state index contributed by atoms with van der Waals surface area (Å²) in [6.07, 6.45) is 2.40. The summed E-state index contributed by atoms with van der Waals surface area (Å²) < 4.78 is 1.58. The molecule has 76 valence electrons. The summed E-state index contributed by atoms with van der Waals surface area (Å²) in [6.45, 7) is 0. The largest absolute Gasteiger partial charge is 0.369 e. The molecular formula is C12H11NO2. The van der Waals surface area contributed by atoms with Gasteiger partial charge in [-0.15, -0.1) is 0 Å². The van der Waals surface area contributed by atoms with Gasteiger partial charge in [0, 0.05) is 30.1 Å². The standard InChI is InChI=1S/C12H11NO2/c14-11-6-8-13(9-7-11)12(15)10-4-2-1-3-5-10/h1-9,12,15H. The Kier molecular flexibility index (Phi) is 2.65. The van der Waals surface area contributed by atoms with Gasteiger partial charge >= 0.3 is 0 Å². The summed E-state index contributed by atoms with van der Waals surface area (Å²) in [5.41, 5.74) is 0.729. The van der Waals surface area contributed by atoms with Crippen LogP contribution in [0.5, 0.6) is 0 Å². The Morgan fingerprint density at radius 1 is 1.00 bits per heavy atom. The number of aliphatic hydroxyl groups is 1. The lowest BCUT2D eigenvalue weighted by Crippen LogP contribution is -2.11. The fourth-order valence-corrected chi connectivity index (χ4v) is 1.38. The average molecular weight is 201 g/mol. The fourth-order valence-electron chi connectivity index (χ4n) is 1.38. The summed E-state index contributed by atoms with van der Waals surface area (Å²) in [4.78, 5) is 10.9. The molecule has 0 aliphatic rings. The van der Waals surface area contributed by atoms with Crippen molar-refractivity contribution in [3.05, 3.63) is 70.6 Å². The summed E-state index contributed by atoms with van der Waals surface area (Å²) >= 11 is 0. The van der Waals surface area contributed by atoms with E-state index in [1.165, 1.54) is 12.1 Å². The van der Waals surface area contributed by atoms with Gasteiger partial charge in [-0.1, -0.05) is 30.3 Å². The minimum absolute atomic E-state index is 0.0634. The molecule has 2 rings (SSSR count). The highest BCUT2D eigenvalue weighted by Gasteiger charge is 2.06. The molecule has 15 heavy (non-hydrogen) atoms. The van der Waals surface area contributed by atoms with Crippen LogP contribution in [0.15, 0.2) is 59.7 Å². The van der Waals surface area contributed by atoms with Crippen molar-refractivity contribution < 1.29 is 5.11 Å². The van der Waals surface area contributed by atoms with Gasteiger partial charge in [0.2, 0.25) is 0 Å². The van der Waals surface area contributed by atoms with Crippen LogP contribution in [0.25, 0.3) is 0 Å². The lowest BCUT2D eigenvalue weighted by atomic mass is 10.2. The molecule has 1 N–H and O–H groups in total. The number of benzene rings is 1. The smallest absolute Gasteiger partial charge is 0.181 e. The van der Waals surface area contributed by atoms with Crippen molar-refractivity contribution in [1.82, 2.24) is 4.57 Å².